The van der Waals surface area contributed by atoms with Crippen molar-refractivity contribution in [2.45, 2.75) is 47.2 Å². The Kier molecular flexibility index (Phi) is 6.41. The first-order valence-electron chi connectivity index (χ1n) is 10.8. The molecule has 0 fully saturated rings. The van der Waals surface area contributed by atoms with E-state index in [1.807, 2.05) is 43.7 Å². The first kappa shape index (κ1) is 23.2. The van der Waals surface area contributed by atoms with Crippen molar-refractivity contribution in [1.29, 1.82) is 0 Å². The van der Waals surface area contributed by atoms with Gasteiger partial charge in [0.25, 0.3) is 5.56 Å². The van der Waals surface area contributed by atoms with Crippen LogP contribution in [-0.2, 0) is 16.1 Å². The molecule has 1 atom stereocenters. The average Bonchev–Trinajstić information content (AvgIpc) is 3.23. The first-order valence-corrected chi connectivity index (χ1v) is 11.9. The van der Waals surface area contributed by atoms with Crippen molar-refractivity contribution in [3.8, 4) is 0 Å². The maximum atomic E-state index is 13.7. The standard InChI is InChI=1S/C24H25ClN4O3S/c1-6-28-15(5)18(13(3)27-28)12-19-22(30)29-21(16-8-10-17(25)11-9-16)20(23(31)32-7-2)14(4)26-24(29)33-19/h8-12,21H,6-7H2,1-5H3. The summed E-state index contributed by atoms with van der Waals surface area (Å²) in [5.41, 5.74) is 4.21. The number of hydrogen-bond acceptors (Lipinski definition) is 6. The molecule has 1 unspecified atom stereocenters. The van der Waals surface area contributed by atoms with E-state index >= 15 is 0 Å². The minimum Gasteiger partial charge on any atom is -0.463 e. The molecule has 0 saturated carbocycles. The lowest BCUT2D eigenvalue weighted by Gasteiger charge is -2.24. The van der Waals surface area contributed by atoms with E-state index in [0.717, 1.165) is 29.1 Å². The number of rotatable bonds is 5. The van der Waals surface area contributed by atoms with Crippen LogP contribution >= 0.6 is 22.9 Å². The van der Waals surface area contributed by atoms with Crippen LogP contribution in [-0.4, -0.2) is 26.9 Å². The highest BCUT2D eigenvalue weighted by Gasteiger charge is 2.33. The van der Waals surface area contributed by atoms with Crippen LogP contribution in [0.25, 0.3) is 6.08 Å². The lowest BCUT2D eigenvalue weighted by atomic mass is 9.96. The number of carbonyl (C=O) groups excluding carboxylic acids is 1. The van der Waals surface area contributed by atoms with E-state index in [2.05, 4.69) is 10.1 Å². The molecule has 2 aromatic heterocycles. The fourth-order valence-corrected chi connectivity index (χ4v) is 5.26. The van der Waals surface area contributed by atoms with Crippen LogP contribution in [0, 0.1) is 13.8 Å². The predicted octanol–water partition coefficient (Wildman–Crippen LogP) is 3.28. The fourth-order valence-electron chi connectivity index (χ4n) is 4.11. The summed E-state index contributed by atoms with van der Waals surface area (Å²) in [6.45, 7) is 10.5. The van der Waals surface area contributed by atoms with Gasteiger partial charge in [0.1, 0.15) is 0 Å². The van der Waals surface area contributed by atoms with Crippen molar-refractivity contribution in [1.82, 2.24) is 14.3 Å². The average molecular weight is 485 g/mol. The highest BCUT2D eigenvalue weighted by atomic mass is 35.5. The van der Waals surface area contributed by atoms with Gasteiger partial charge in [-0.1, -0.05) is 35.1 Å². The lowest BCUT2D eigenvalue weighted by Crippen LogP contribution is -2.39. The largest absolute Gasteiger partial charge is 0.463 e. The number of thiazole rings is 1. The third kappa shape index (κ3) is 4.09. The second-order valence-electron chi connectivity index (χ2n) is 7.75. The zero-order chi connectivity index (χ0) is 23.9. The highest BCUT2D eigenvalue weighted by Crippen LogP contribution is 2.31. The maximum Gasteiger partial charge on any atom is 0.338 e. The van der Waals surface area contributed by atoms with Gasteiger partial charge in [0.2, 0.25) is 0 Å². The van der Waals surface area contributed by atoms with Gasteiger partial charge in [0.05, 0.1) is 34.1 Å². The molecule has 0 saturated heterocycles. The van der Waals surface area contributed by atoms with Crippen LogP contribution in [0.2, 0.25) is 5.02 Å². The molecule has 7 nitrogen and oxygen atoms in total. The van der Waals surface area contributed by atoms with Crippen molar-refractivity contribution in [3.63, 3.8) is 0 Å². The molecule has 9 heteroatoms. The predicted molar refractivity (Wildman–Crippen MR) is 129 cm³/mol. The second kappa shape index (κ2) is 9.11. The second-order valence-corrected chi connectivity index (χ2v) is 9.20. The van der Waals surface area contributed by atoms with Crippen LogP contribution in [0.5, 0.6) is 0 Å². The van der Waals surface area contributed by atoms with Crippen LogP contribution in [0.15, 0.2) is 45.3 Å². The Labute approximate surface area is 200 Å². The van der Waals surface area contributed by atoms with Crippen molar-refractivity contribution >= 4 is 35.0 Å². The number of hydrogen-bond donors (Lipinski definition) is 0. The Morgan fingerprint density at radius 3 is 2.52 bits per heavy atom. The van der Waals surface area contributed by atoms with E-state index in [1.165, 1.54) is 11.3 Å². The molecule has 0 aliphatic carbocycles. The highest BCUT2D eigenvalue weighted by molar-refractivity contribution is 7.07. The molecule has 0 spiro atoms. The van der Waals surface area contributed by atoms with E-state index in [4.69, 9.17) is 16.3 Å². The summed E-state index contributed by atoms with van der Waals surface area (Å²) in [6.07, 6.45) is 1.87. The Morgan fingerprint density at radius 2 is 1.91 bits per heavy atom. The van der Waals surface area contributed by atoms with E-state index in [1.54, 1.807) is 30.5 Å². The van der Waals surface area contributed by atoms with Gasteiger partial charge in [0, 0.05) is 22.8 Å². The summed E-state index contributed by atoms with van der Waals surface area (Å²) in [4.78, 5) is 31.7. The molecule has 0 bridgehead atoms. The summed E-state index contributed by atoms with van der Waals surface area (Å²) < 4.78 is 9.34. The van der Waals surface area contributed by atoms with Crippen molar-refractivity contribution < 1.29 is 9.53 Å². The first-order chi connectivity index (χ1) is 15.8. The number of allylic oxidation sites excluding steroid dienone is 1. The van der Waals surface area contributed by atoms with Gasteiger partial charge in [-0.2, -0.15) is 5.10 Å². The fraction of sp³-hybridized carbons (Fsp3) is 0.333. The SMILES string of the molecule is CCOC(=O)C1=C(C)N=c2sc(=Cc3c(C)nn(CC)c3C)c(=O)n2C1c1ccc(Cl)cc1. The molecule has 1 aliphatic heterocycles. The number of nitrogens with zero attached hydrogens (tertiary/aromatic N) is 4. The molecule has 3 aromatic rings. The summed E-state index contributed by atoms with van der Waals surface area (Å²) >= 11 is 7.40. The Hall–Kier alpha value is -2.97. The lowest BCUT2D eigenvalue weighted by molar-refractivity contribution is -0.139. The number of aryl methyl sites for hydroxylation is 2. The monoisotopic (exact) mass is 484 g/mol. The van der Waals surface area contributed by atoms with Gasteiger partial charge in [-0.05, 0) is 58.4 Å². The smallest absolute Gasteiger partial charge is 0.338 e. The van der Waals surface area contributed by atoms with Gasteiger partial charge in [-0.15, -0.1) is 0 Å². The van der Waals surface area contributed by atoms with Crippen molar-refractivity contribution in [3.05, 3.63) is 82.8 Å². The van der Waals surface area contributed by atoms with Crippen LogP contribution in [0.3, 0.4) is 0 Å². The molecule has 3 heterocycles. The number of fused-ring (bicyclic) bond motifs is 1. The van der Waals surface area contributed by atoms with Crippen molar-refractivity contribution in [2.24, 2.45) is 4.99 Å². The van der Waals surface area contributed by atoms with Gasteiger partial charge in [-0.25, -0.2) is 9.79 Å². The van der Waals surface area contributed by atoms with Gasteiger partial charge in [0.15, 0.2) is 4.80 Å². The van der Waals surface area contributed by atoms with E-state index in [9.17, 15) is 9.59 Å². The summed E-state index contributed by atoms with van der Waals surface area (Å²) in [5.74, 6) is -0.483. The zero-order valence-electron chi connectivity index (χ0n) is 19.2. The Morgan fingerprint density at radius 1 is 1.21 bits per heavy atom. The molecule has 0 radical (unpaired) electrons. The molecule has 1 aliphatic rings. The van der Waals surface area contributed by atoms with Crippen LogP contribution in [0.4, 0.5) is 0 Å². The Balaban J connectivity index is 1.97. The molecule has 1 aromatic carbocycles. The molecular weight excluding hydrogens is 460 g/mol. The zero-order valence-corrected chi connectivity index (χ0v) is 20.8. The van der Waals surface area contributed by atoms with Crippen LogP contribution < -0.4 is 14.9 Å². The van der Waals surface area contributed by atoms with E-state index < -0.39 is 12.0 Å². The van der Waals surface area contributed by atoms with E-state index in [0.29, 0.717) is 25.6 Å². The minimum atomic E-state index is -0.653. The molecule has 172 valence electrons. The number of halogens is 1. The normalized spacial score (nSPS) is 16.1. The number of aromatic nitrogens is 3. The summed E-state index contributed by atoms with van der Waals surface area (Å²) in [5, 5.41) is 5.12. The molecule has 0 amide bonds. The topological polar surface area (TPSA) is 78.5 Å². The van der Waals surface area contributed by atoms with E-state index in [-0.39, 0.29) is 12.2 Å². The van der Waals surface area contributed by atoms with Crippen molar-refractivity contribution in [2.75, 3.05) is 6.61 Å². The van der Waals surface area contributed by atoms with Crippen LogP contribution in [0.1, 0.15) is 49.3 Å². The van der Waals surface area contributed by atoms with Gasteiger partial charge < -0.3 is 4.74 Å². The summed E-state index contributed by atoms with van der Waals surface area (Å²) in [7, 11) is 0. The third-order valence-corrected chi connectivity index (χ3v) is 6.95. The quantitative estimate of drug-likeness (QED) is 0.520. The number of benzene rings is 1. The minimum absolute atomic E-state index is 0.212. The molecule has 0 N–H and O–H groups in total. The Bertz CT molecular complexity index is 1440. The maximum absolute atomic E-state index is 13.7. The van der Waals surface area contributed by atoms with Gasteiger partial charge in [-0.3, -0.25) is 14.0 Å². The molecule has 33 heavy (non-hydrogen) atoms. The third-order valence-electron chi connectivity index (χ3n) is 5.72. The summed E-state index contributed by atoms with van der Waals surface area (Å²) in [6, 6.07) is 6.48. The number of carbonyl (C=O) groups is 1. The van der Waals surface area contributed by atoms with Gasteiger partial charge >= 0.3 is 5.97 Å². The number of ether oxygens (including phenoxy) is 1. The number of esters is 1. The molecular formula is C24H25ClN4O3S. The molecule has 4 rings (SSSR count).